The monoisotopic (exact) mass is 93.0 g/mol. The fraction of sp³-hybridized carbons (Fsp3) is 0. The molecule has 0 fully saturated rings. The van der Waals surface area contributed by atoms with Gasteiger partial charge in [-0.1, -0.05) is 0 Å². The first-order valence-electron chi connectivity index (χ1n) is 1.55. The number of nitriles is 1. The summed E-state index contributed by atoms with van der Waals surface area (Å²) in [6.45, 7) is 0. The summed E-state index contributed by atoms with van der Waals surface area (Å²) in [5, 5.41) is 20.6. The highest BCUT2D eigenvalue weighted by molar-refractivity contribution is 5.92. The van der Waals surface area contributed by atoms with Crippen LogP contribution in [0.1, 0.15) is 0 Å². The Hall–Kier alpha value is -1.39. The molecule has 0 aliphatic heterocycles. The van der Waals surface area contributed by atoms with E-state index in [0.29, 0.717) is 0 Å². The van der Waals surface area contributed by atoms with Crippen LogP contribution in [0.25, 0.3) is 0 Å². The average Bonchev–Trinajstić information content (AvgIpc) is 1.72. The minimum absolute atomic E-state index is 0.0556. The highest BCUT2D eigenvalue weighted by Gasteiger charge is 1.79. The Bertz CT molecular complexity index is 156. The number of nitrogens with one attached hydrogen (secondary N) is 2. The van der Waals surface area contributed by atoms with E-state index in [-0.39, 0.29) is 5.57 Å². The molecule has 3 nitrogen and oxygen atoms in total. The highest BCUT2D eigenvalue weighted by atomic mass is 14.4. The standard InChI is InChI=1S/C4H3N3/c5-1-4(2-6)3-7/h1,5-6H. The van der Waals surface area contributed by atoms with Gasteiger partial charge >= 0.3 is 0 Å². The van der Waals surface area contributed by atoms with Crippen molar-refractivity contribution in [3.8, 4) is 6.07 Å². The summed E-state index contributed by atoms with van der Waals surface area (Å²) >= 11 is 0. The molecule has 0 amide bonds. The second-order valence-corrected chi connectivity index (χ2v) is 0.795. The third-order valence-corrected chi connectivity index (χ3v) is 0.399. The molecule has 0 unspecified atom stereocenters. The van der Waals surface area contributed by atoms with E-state index in [1.165, 1.54) is 0 Å². The molecule has 0 aromatic carbocycles. The van der Waals surface area contributed by atoms with E-state index in [9.17, 15) is 0 Å². The summed E-state index contributed by atoms with van der Waals surface area (Å²) in [5.74, 6) is 1.76. The molecule has 0 aliphatic rings. The third-order valence-electron chi connectivity index (χ3n) is 0.399. The Morgan fingerprint density at radius 1 is 1.71 bits per heavy atom. The van der Waals surface area contributed by atoms with Crippen molar-refractivity contribution in [2.75, 3.05) is 0 Å². The van der Waals surface area contributed by atoms with Gasteiger partial charge in [-0.05, 0) is 5.87 Å². The first-order chi connectivity index (χ1) is 3.35. The van der Waals surface area contributed by atoms with Crippen molar-refractivity contribution in [2.45, 2.75) is 0 Å². The maximum absolute atomic E-state index is 7.91. The molecule has 0 heterocycles. The Morgan fingerprint density at radius 2 is 2.29 bits per heavy atom. The van der Waals surface area contributed by atoms with E-state index < -0.39 is 0 Å². The number of allylic oxidation sites excluding steroid dienone is 1. The zero-order valence-electron chi connectivity index (χ0n) is 3.52. The molecule has 0 atom stereocenters. The number of hydrogen-bond donors (Lipinski definition) is 2. The molecule has 0 rings (SSSR count). The van der Waals surface area contributed by atoms with Gasteiger partial charge in [0.25, 0.3) is 0 Å². The number of nitrogens with zero attached hydrogens (tertiary/aromatic N) is 1. The minimum Gasteiger partial charge on any atom is -0.307 e. The zero-order chi connectivity index (χ0) is 5.70. The molecule has 0 spiro atoms. The summed E-state index contributed by atoms with van der Waals surface area (Å²) in [4.78, 5) is 0. The van der Waals surface area contributed by atoms with Crippen LogP contribution in [0.4, 0.5) is 0 Å². The van der Waals surface area contributed by atoms with E-state index in [1.807, 2.05) is 0 Å². The fourth-order valence-corrected chi connectivity index (χ4v) is 0.0963. The minimum atomic E-state index is -0.0556. The first-order valence-corrected chi connectivity index (χ1v) is 1.55. The lowest BCUT2D eigenvalue weighted by atomic mass is 10.4. The summed E-state index contributed by atoms with van der Waals surface area (Å²) in [7, 11) is 0. The molecule has 0 radical (unpaired) electrons. The molecule has 0 bridgehead atoms. The second kappa shape index (κ2) is 2.83. The van der Waals surface area contributed by atoms with Crippen molar-refractivity contribution in [3.05, 3.63) is 5.57 Å². The molecule has 7 heavy (non-hydrogen) atoms. The second-order valence-electron chi connectivity index (χ2n) is 0.795. The smallest absolute Gasteiger partial charge is 0.130 e. The topological polar surface area (TPSA) is 71.5 Å². The van der Waals surface area contributed by atoms with Gasteiger partial charge in [0.15, 0.2) is 0 Å². The maximum Gasteiger partial charge on any atom is 0.130 e. The molecule has 34 valence electrons. The van der Waals surface area contributed by atoms with Crippen LogP contribution in [-0.4, -0.2) is 12.1 Å². The largest absolute Gasteiger partial charge is 0.307 e. The molecule has 0 aliphatic carbocycles. The summed E-state index contributed by atoms with van der Waals surface area (Å²) in [6.07, 6.45) is 0.785. The van der Waals surface area contributed by atoms with E-state index in [2.05, 4.69) is 0 Å². The molecular formula is C4H3N3. The van der Waals surface area contributed by atoms with Gasteiger partial charge in [-0.2, -0.15) is 5.26 Å². The van der Waals surface area contributed by atoms with Crippen LogP contribution in [0.5, 0.6) is 0 Å². The summed E-state index contributed by atoms with van der Waals surface area (Å²) in [6, 6.07) is 1.58. The molecule has 0 saturated heterocycles. The van der Waals surface area contributed by atoms with Crippen molar-refractivity contribution in [1.82, 2.24) is 0 Å². The lowest BCUT2D eigenvalue weighted by Crippen LogP contribution is -1.74. The van der Waals surface area contributed by atoms with Crippen LogP contribution < -0.4 is 0 Å². The van der Waals surface area contributed by atoms with Gasteiger partial charge in [0.1, 0.15) is 11.6 Å². The number of hydrogen-bond acceptors (Lipinski definition) is 3. The predicted octanol–water partition coefficient (Wildman–Crippen LogP) is 0.334. The van der Waals surface area contributed by atoms with Crippen LogP contribution >= 0.6 is 0 Å². The van der Waals surface area contributed by atoms with E-state index in [1.54, 1.807) is 11.9 Å². The Labute approximate surface area is 40.9 Å². The van der Waals surface area contributed by atoms with Gasteiger partial charge in [0, 0.05) is 6.21 Å². The molecule has 0 saturated carbocycles. The van der Waals surface area contributed by atoms with E-state index >= 15 is 0 Å². The van der Waals surface area contributed by atoms with Crippen molar-refractivity contribution >= 4 is 12.1 Å². The van der Waals surface area contributed by atoms with Gasteiger partial charge in [-0.25, -0.2) is 0 Å². The highest BCUT2D eigenvalue weighted by Crippen LogP contribution is 1.71. The van der Waals surface area contributed by atoms with E-state index in [4.69, 9.17) is 16.1 Å². The van der Waals surface area contributed by atoms with Gasteiger partial charge < -0.3 is 5.41 Å². The van der Waals surface area contributed by atoms with Crippen LogP contribution in [-0.2, 0) is 0 Å². The average molecular weight is 93.1 g/mol. The van der Waals surface area contributed by atoms with Gasteiger partial charge in [-0.15, -0.1) is 0 Å². The van der Waals surface area contributed by atoms with Crippen molar-refractivity contribution in [3.63, 3.8) is 0 Å². The number of rotatable bonds is 1. The maximum atomic E-state index is 7.91. The van der Waals surface area contributed by atoms with Crippen LogP contribution in [0, 0.1) is 22.1 Å². The third kappa shape index (κ3) is 1.48. The molecule has 0 aromatic rings. The lowest BCUT2D eigenvalue weighted by molar-refractivity contribution is 1.50. The fourth-order valence-electron chi connectivity index (χ4n) is 0.0963. The van der Waals surface area contributed by atoms with Crippen LogP contribution in [0.3, 0.4) is 0 Å². The Morgan fingerprint density at radius 3 is 2.29 bits per heavy atom. The van der Waals surface area contributed by atoms with Crippen molar-refractivity contribution < 1.29 is 0 Å². The summed E-state index contributed by atoms with van der Waals surface area (Å²) < 4.78 is 0. The molecule has 0 aromatic heterocycles. The lowest BCUT2D eigenvalue weighted by Gasteiger charge is -1.66. The van der Waals surface area contributed by atoms with Crippen LogP contribution in [0.15, 0.2) is 5.57 Å². The Balaban J connectivity index is 4.24. The normalized spacial score (nSPS) is 5.57. The SMILES string of the molecule is N#CC(=C=N)C=N. The molecule has 2 N–H and O–H groups in total. The van der Waals surface area contributed by atoms with Crippen molar-refractivity contribution in [1.29, 1.82) is 16.1 Å². The molecule has 3 heteroatoms. The predicted molar refractivity (Wildman–Crippen MR) is 25.6 cm³/mol. The van der Waals surface area contributed by atoms with Crippen molar-refractivity contribution in [2.24, 2.45) is 0 Å². The quantitative estimate of drug-likeness (QED) is 0.356. The van der Waals surface area contributed by atoms with Gasteiger partial charge in [-0.3, -0.25) is 5.41 Å². The zero-order valence-corrected chi connectivity index (χ0v) is 3.52. The van der Waals surface area contributed by atoms with E-state index in [0.717, 1.165) is 6.21 Å². The van der Waals surface area contributed by atoms with Crippen LogP contribution in [0.2, 0.25) is 0 Å². The summed E-state index contributed by atoms with van der Waals surface area (Å²) in [5.41, 5.74) is -0.0556. The Kier molecular flexibility index (Phi) is 2.27. The van der Waals surface area contributed by atoms with Gasteiger partial charge in [0.05, 0.1) is 0 Å². The first kappa shape index (κ1) is 5.61. The van der Waals surface area contributed by atoms with Gasteiger partial charge in [0.2, 0.25) is 0 Å². The molecular weight excluding hydrogens is 90.1 g/mol.